The molecule has 104 valence electrons. The standard InChI is InChI=1S/C12H15NO6/c1-12(2,3)19-9(14)7-18-13-10(11(15)16)8-5-4-6-17-8/h4-6H,7H2,1-3H3,(H,15,16). The van der Waals surface area contributed by atoms with Crippen LogP contribution in [-0.2, 0) is 19.2 Å². The summed E-state index contributed by atoms with van der Waals surface area (Å²) in [7, 11) is 0. The van der Waals surface area contributed by atoms with Crippen molar-refractivity contribution in [3.63, 3.8) is 0 Å². The maximum Gasteiger partial charge on any atom is 0.361 e. The molecule has 0 bridgehead atoms. The maximum atomic E-state index is 11.3. The number of carboxylic acid groups (broad SMARTS) is 1. The van der Waals surface area contributed by atoms with Crippen molar-refractivity contribution in [3.05, 3.63) is 24.2 Å². The fourth-order valence-electron chi connectivity index (χ4n) is 1.12. The number of carboxylic acids is 1. The quantitative estimate of drug-likeness (QED) is 0.493. The normalized spacial score (nSPS) is 12.1. The Balaban J connectivity index is 2.59. The molecule has 1 aromatic heterocycles. The zero-order valence-corrected chi connectivity index (χ0v) is 10.9. The lowest BCUT2D eigenvalue weighted by Gasteiger charge is -2.18. The molecule has 0 aliphatic rings. The van der Waals surface area contributed by atoms with E-state index in [9.17, 15) is 9.59 Å². The number of hydrogen-bond acceptors (Lipinski definition) is 6. The van der Waals surface area contributed by atoms with Crippen LogP contribution in [0.1, 0.15) is 26.5 Å². The third-order valence-electron chi connectivity index (χ3n) is 1.72. The van der Waals surface area contributed by atoms with Crippen molar-refractivity contribution in [2.75, 3.05) is 6.61 Å². The van der Waals surface area contributed by atoms with Crippen LogP contribution in [0.2, 0.25) is 0 Å². The minimum atomic E-state index is -1.32. The van der Waals surface area contributed by atoms with E-state index < -0.39 is 29.9 Å². The lowest BCUT2D eigenvalue weighted by molar-refractivity contribution is -0.160. The number of esters is 1. The van der Waals surface area contributed by atoms with Crippen LogP contribution in [0, 0.1) is 0 Å². The molecule has 0 aliphatic heterocycles. The summed E-state index contributed by atoms with van der Waals surface area (Å²) in [5.41, 5.74) is -1.06. The molecule has 0 fully saturated rings. The molecular formula is C12H15NO6. The number of ether oxygens (including phenoxy) is 1. The summed E-state index contributed by atoms with van der Waals surface area (Å²) in [5.74, 6) is -1.92. The van der Waals surface area contributed by atoms with Crippen LogP contribution < -0.4 is 0 Å². The van der Waals surface area contributed by atoms with Crippen LogP contribution >= 0.6 is 0 Å². The van der Waals surface area contributed by atoms with E-state index >= 15 is 0 Å². The second kappa shape index (κ2) is 6.03. The van der Waals surface area contributed by atoms with Gasteiger partial charge in [0.15, 0.2) is 5.76 Å². The van der Waals surface area contributed by atoms with Gasteiger partial charge >= 0.3 is 11.9 Å². The number of carbonyl (C=O) groups is 2. The molecule has 1 N–H and O–H groups in total. The number of hydrogen-bond donors (Lipinski definition) is 1. The van der Waals surface area contributed by atoms with Crippen LogP contribution in [0.15, 0.2) is 28.0 Å². The second-order valence-corrected chi connectivity index (χ2v) is 4.58. The fourth-order valence-corrected chi connectivity index (χ4v) is 1.12. The molecular weight excluding hydrogens is 254 g/mol. The molecule has 0 saturated heterocycles. The Labute approximate surface area is 109 Å². The van der Waals surface area contributed by atoms with Gasteiger partial charge in [-0.25, -0.2) is 9.59 Å². The summed E-state index contributed by atoms with van der Waals surface area (Å²) in [4.78, 5) is 26.9. The van der Waals surface area contributed by atoms with Gasteiger partial charge in [0, 0.05) is 0 Å². The highest BCUT2D eigenvalue weighted by molar-refractivity contribution is 6.41. The van der Waals surface area contributed by atoms with Gasteiger partial charge in [0.25, 0.3) is 0 Å². The average molecular weight is 269 g/mol. The minimum Gasteiger partial charge on any atom is -0.476 e. The molecule has 7 heteroatoms. The molecule has 1 aromatic rings. The summed E-state index contributed by atoms with van der Waals surface area (Å²) in [5, 5.41) is 12.3. The Morgan fingerprint density at radius 2 is 2.11 bits per heavy atom. The van der Waals surface area contributed by atoms with Gasteiger partial charge in [0.1, 0.15) is 5.60 Å². The maximum absolute atomic E-state index is 11.3. The van der Waals surface area contributed by atoms with Gasteiger partial charge in [-0.15, -0.1) is 0 Å². The predicted molar refractivity (Wildman–Crippen MR) is 64.7 cm³/mol. The van der Waals surface area contributed by atoms with E-state index in [-0.39, 0.29) is 5.76 Å². The Hall–Kier alpha value is -2.31. The third-order valence-corrected chi connectivity index (χ3v) is 1.72. The number of rotatable bonds is 5. The molecule has 0 atom stereocenters. The molecule has 0 aromatic carbocycles. The number of aliphatic carboxylic acids is 1. The zero-order chi connectivity index (χ0) is 14.5. The Bertz CT molecular complexity index is 469. The van der Waals surface area contributed by atoms with Gasteiger partial charge in [-0.05, 0) is 32.9 Å². The molecule has 0 saturated carbocycles. The van der Waals surface area contributed by atoms with E-state index in [1.54, 1.807) is 20.8 Å². The van der Waals surface area contributed by atoms with Gasteiger partial charge in [-0.1, -0.05) is 5.16 Å². The highest BCUT2D eigenvalue weighted by atomic mass is 16.7. The fraction of sp³-hybridized carbons (Fsp3) is 0.417. The smallest absolute Gasteiger partial charge is 0.361 e. The first kappa shape index (κ1) is 14.7. The van der Waals surface area contributed by atoms with E-state index in [1.165, 1.54) is 18.4 Å². The van der Waals surface area contributed by atoms with Crippen molar-refractivity contribution in [2.45, 2.75) is 26.4 Å². The number of nitrogens with zero attached hydrogens (tertiary/aromatic N) is 1. The Morgan fingerprint density at radius 1 is 1.42 bits per heavy atom. The largest absolute Gasteiger partial charge is 0.476 e. The molecule has 19 heavy (non-hydrogen) atoms. The Kier molecular flexibility index (Phi) is 4.68. The molecule has 0 radical (unpaired) electrons. The summed E-state index contributed by atoms with van der Waals surface area (Å²) >= 11 is 0. The molecule has 0 unspecified atom stereocenters. The van der Waals surface area contributed by atoms with Crippen molar-refractivity contribution < 1.29 is 28.7 Å². The summed E-state index contributed by atoms with van der Waals surface area (Å²) in [6.07, 6.45) is 1.31. The third kappa shape index (κ3) is 5.24. The van der Waals surface area contributed by atoms with E-state index in [0.717, 1.165) is 0 Å². The molecule has 1 rings (SSSR count). The SMILES string of the molecule is CC(C)(C)OC(=O)CON=C(C(=O)O)c1ccco1. The number of carbonyl (C=O) groups excluding carboxylic acids is 1. The van der Waals surface area contributed by atoms with E-state index in [0.29, 0.717) is 0 Å². The molecule has 0 spiro atoms. The lowest BCUT2D eigenvalue weighted by atomic mass is 10.2. The average Bonchev–Trinajstić information content (AvgIpc) is 2.74. The van der Waals surface area contributed by atoms with Crippen molar-refractivity contribution in [3.8, 4) is 0 Å². The summed E-state index contributed by atoms with van der Waals surface area (Å²) < 4.78 is 9.85. The van der Waals surface area contributed by atoms with Crippen LogP contribution in [-0.4, -0.2) is 35.0 Å². The van der Waals surface area contributed by atoms with Crippen LogP contribution in [0.3, 0.4) is 0 Å². The Morgan fingerprint density at radius 3 is 2.58 bits per heavy atom. The minimum absolute atomic E-state index is 0.0386. The van der Waals surface area contributed by atoms with Crippen molar-refractivity contribution in [1.29, 1.82) is 0 Å². The highest BCUT2D eigenvalue weighted by Gasteiger charge is 2.19. The van der Waals surface area contributed by atoms with E-state index in [4.69, 9.17) is 14.3 Å². The van der Waals surface area contributed by atoms with Crippen molar-refractivity contribution in [2.24, 2.45) is 5.16 Å². The molecule has 7 nitrogen and oxygen atoms in total. The van der Waals surface area contributed by atoms with Gasteiger partial charge in [0.05, 0.1) is 6.26 Å². The summed E-state index contributed by atoms with van der Waals surface area (Å²) in [6.45, 7) is 4.65. The summed E-state index contributed by atoms with van der Waals surface area (Å²) in [6, 6.07) is 2.94. The van der Waals surface area contributed by atoms with Crippen molar-refractivity contribution >= 4 is 17.7 Å². The first-order chi connectivity index (χ1) is 8.79. The van der Waals surface area contributed by atoms with E-state index in [1.807, 2.05) is 0 Å². The van der Waals surface area contributed by atoms with Gasteiger partial charge in [0.2, 0.25) is 12.3 Å². The van der Waals surface area contributed by atoms with Crippen LogP contribution in [0.5, 0.6) is 0 Å². The first-order valence-electron chi connectivity index (χ1n) is 5.48. The lowest BCUT2D eigenvalue weighted by Crippen LogP contribution is -2.26. The highest BCUT2D eigenvalue weighted by Crippen LogP contribution is 2.07. The van der Waals surface area contributed by atoms with Gasteiger partial charge < -0.3 is 19.1 Å². The predicted octanol–water partition coefficient (Wildman–Crippen LogP) is 1.43. The topological polar surface area (TPSA) is 98.3 Å². The van der Waals surface area contributed by atoms with E-state index in [2.05, 4.69) is 9.99 Å². The van der Waals surface area contributed by atoms with Crippen LogP contribution in [0.25, 0.3) is 0 Å². The van der Waals surface area contributed by atoms with Gasteiger partial charge in [-0.2, -0.15) is 0 Å². The molecule has 1 heterocycles. The number of furan rings is 1. The van der Waals surface area contributed by atoms with Crippen LogP contribution in [0.4, 0.5) is 0 Å². The molecule has 0 amide bonds. The monoisotopic (exact) mass is 269 g/mol. The molecule has 0 aliphatic carbocycles. The number of oxime groups is 1. The first-order valence-corrected chi connectivity index (χ1v) is 5.48. The van der Waals surface area contributed by atoms with Gasteiger partial charge in [-0.3, -0.25) is 0 Å². The second-order valence-electron chi connectivity index (χ2n) is 4.58. The zero-order valence-electron chi connectivity index (χ0n) is 10.9. The van der Waals surface area contributed by atoms with Crippen molar-refractivity contribution in [1.82, 2.24) is 0 Å².